The number of fused-ring (bicyclic) bond motifs is 2. The molecule has 0 aliphatic carbocycles. The first-order chi connectivity index (χ1) is 17.5. The van der Waals surface area contributed by atoms with Crippen molar-refractivity contribution in [3.05, 3.63) is 82.0 Å². The van der Waals surface area contributed by atoms with E-state index in [4.69, 9.17) is 16.3 Å². The van der Waals surface area contributed by atoms with E-state index in [1.54, 1.807) is 18.0 Å². The molecule has 3 aromatic heterocycles. The van der Waals surface area contributed by atoms with Crippen LogP contribution < -0.4 is 5.56 Å². The average Bonchev–Trinajstić information content (AvgIpc) is 3.59. The Bertz CT molecular complexity index is 1620. The molecule has 6 nitrogen and oxygen atoms in total. The average molecular weight is 556 g/mol. The van der Waals surface area contributed by atoms with Crippen LogP contribution in [0, 0.1) is 0 Å². The number of ether oxygens (including phenoxy) is 1. The molecule has 192 valence electrons. The number of aryl methyl sites for hydroxylation is 1. The molecule has 0 amide bonds. The molecule has 1 atom stereocenters. The summed E-state index contributed by atoms with van der Waals surface area (Å²) in [4.78, 5) is 21.6. The number of halogens is 2. The molecule has 4 heterocycles. The monoisotopic (exact) mass is 554 g/mol. The van der Waals surface area contributed by atoms with E-state index in [0.717, 1.165) is 46.7 Å². The summed E-state index contributed by atoms with van der Waals surface area (Å²) in [6, 6.07) is 18.5. The lowest BCUT2D eigenvalue weighted by atomic mass is 10.2. The summed E-state index contributed by atoms with van der Waals surface area (Å²) in [6.45, 7) is 2.76. The van der Waals surface area contributed by atoms with Crippen LogP contribution in [0.5, 0.6) is 0 Å². The van der Waals surface area contributed by atoms with Crippen molar-refractivity contribution in [2.24, 2.45) is 7.05 Å². The Kier molecular flexibility index (Phi) is 7.43. The zero-order valence-corrected chi connectivity index (χ0v) is 23.1. The third-order valence-corrected chi connectivity index (χ3v) is 8.61. The number of benzene rings is 2. The summed E-state index contributed by atoms with van der Waals surface area (Å²) in [5.41, 5.74) is 4.92. The first-order valence-corrected chi connectivity index (χ1v) is 13.3. The van der Waals surface area contributed by atoms with Crippen LogP contribution in [0.15, 0.2) is 65.7 Å². The summed E-state index contributed by atoms with van der Waals surface area (Å²) >= 11 is 7.50. The van der Waals surface area contributed by atoms with Crippen LogP contribution in [0.4, 0.5) is 0 Å². The molecule has 0 radical (unpaired) electrons. The minimum atomic E-state index is -0.0554. The lowest BCUT2D eigenvalue weighted by molar-refractivity contribution is 0.110. The molecule has 0 bridgehead atoms. The van der Waals surface area contributed by atoms with Crippen LogP contribution in [0.1, 0.15) is 18.5 Å². The summed E-state index contributed by atoms with van der Waals surface area (Å²) in [6.07, 6.45) is 4.03. The maximum atomic E-state index is 13.5. The number of hydrogen-bond donors (Lipinski definition) is 0. The van der Waals surface area contributed by atoms with Gasteiger partial charge < -0.3 is 9.30 Å². The van der Waals surface area contributed by atoms with Crippen molar-refractivity contribution in [2.45, 2.75) is 25.4 Å². The predicted octanol–water partition coefficient (Wildman–Crippen LogP) is 6.29. The van der Waals surface area contributed by atoms with Gasteiger partial charge in [0.1, 0.15) is 11.0 Å². The number of hydrogen-bond acceptors (Lipinski definition) is 5. The van der Waals surface area contributed by atoms with Gasteiger partial charge >= 0.3 is 0 Å². The van der Waals surface area contributed by atoms with E-state index < -0.39 is 0 Å². The highest BCUT2D eigenvalue weighted by Crippen LogP contribution is 2.32. The van der Waals surface area contributed by atoms with E-state index in [2.05, 4.69) is 39.7 Å². The molecule has 5 aromatic rings. The van der Waals surface area contributed by atoms with E-state index >= 15 is 0 Å². The summed E-state index contributed by atoms with van der Waals surface area (Å²) in [5.74, 6) is 0. The van der Waals surface area contributed by atoms with Gasteiger partial charge in [0.25, 0.3) is 5.56 Å². The Hall–Kier alpha value is -2.68. The zero-order chi connectivity index (χ0) is 24.8. The molecule has 1 aliphatic heterocycles. The van der Waals surface area contributed by atoms with Gasteiger partial charge in [0, 0.05) is 53.2 Å². The molecule has 37 heavy (non-hydrogen) atoms. The molecular formula is C28H28Cl2N4O2S. The van der Waals surface area contributed by atoms with Crippen LogP contribution in [0.3, 0.4) is 0 Å². The normalized spacial score (nSPS) is 16.0. The maximum absolute atomic E-state index is 13.5. The number of rotatable bonds is 6. The van der Waals surface area contributed by atoms with E-state index in [0.29, 0.717) is 21.3 Å². The minimum absolute atomic E-state index is 0. The second-order valence-electron chi connectivity index (χ2n) is 9.41. The predicted molar refractivity (Wildman–Crippen MR) is 155 cm³/mol. The molecule has 1 saturated heterocycles. The first kappa shape index (κ1) is 25.9. The van der Waals surface area contributed by atoms with Crippen molar-refractivity contribution >= 4 is 56.5 Å². The van der Waals surface area contributed by atoms with E-state index in [1.165, 1.54) is 29.9 Å². The van der Waals surface area contributed by atoms with Crippen LogP contribution in [-0.2, 0) is 18.3 Å². The molecule has 6 rings (SSSR count). The smallest absolute Gasteiger partial charge is 0.275 e. The third-order valence-electron chi connectivity index (χ3n) is 7.19. The molecule has 1 fully saturated rings. The number of thiophene rings is 1. The molecule has 0 unspecified atom stereocenters. The Morgan fingerprint density at radius 2 is 1.95 bits per heavy atom. The number of likely N-dealkylation sites (tertiary alicyclic amines) is 1. The van der Waals surface area contributed by atoms with Gasteiger partial charge in [-0.15, -0.1) is 23.7 Å². The Morgan fingerprint density at radius 3 is 2.73 bits per heavy atom. The van der Waals surface area contributed by atoms with E-state index in [-0.39, 0.29) is 18.0 Å². The molecule has 0 spiro atoms. The highest BCUT2D eigenvalue weighted by molar-refractivity contribution is 7.22. The van der Waals surface area contributed by atoms with Crippen LogP contribution in [-0.4, -0.2) is 45.3 Å². The second-order valence-corrected chi connectivity index (χ2v) is 10.9. The highest BCUT2D eigenvalue weighted by Gasteiger charge is 2.25. The Labute approximate surface area is 230 Å². The van der Waals surface area contributed by atoms with Crippen LogP contribution in [0.2, 0.25) is 5.02 Å². The fourth-order valence-electron chi connectivity index (χ4n) is 5.24. The summed E-state index contributed by atoms with van der Waals surface area (Å²) in [7, 11) is 3.89. The van der Waals surface area contributed by atoms with Gasteiger partial charge in [-0.2, -0.15) is 0 Å². The molecule has 2 aromatic carbocycles. The summed E-state index contributed by atoms with van der Waals surface area (Å²) < 4.78 is 9.97. The van der Waals surface area contributed by atoms with Crippen molar-refractivity contribution in [2.75, 3.05) is 20.3 Å². The van der Waals surface area contributed by atoms with Crippen LogP contribution >= 0.6 is 35.3 Å². The van der Waals surface area contributed by atoms with Gasteiger partial charge in [-0.3, -0.25) is 14.3 Å². The maximum Gasteiger partial charge on any atom is 0.275 e. The van der Waals surface area contributed by atoms with Crippen molar-refractivity contribution in [1.29, 1.82) is 0 Å². The second kappa shape index (κ2) is 10.6. The minimum Gasteiger partial charge on any atom is -0.383 e. The summed E-state index contributed by atoms with van der Waals surface area (Å²) in [5, 5.41) is 1.81. The van der Waals surface area contributed by atoms with Gasteiger partial charge in [0.15, 0.2) is 0 Å². The van der Waals surface area contributed by atoms with E-state index in [1.807, 2.05) is 36.4 Å². The number of nitrogens with zero attached hydrogens (tertiary/aromatic N) is 4. The fourth-order valence-corrected chi connectivity index (χ4v) is 6.41. The lowest BCUT2D eigenvalue weighted by Gasteiger charge is -2.24. The van der Waals surface area contributed by atoms with Crippen molar-refractivity contribution < 1.29 is 4.74 Å². The third kappa shape index (κ3) is 4.82. The van der Waals surface area contributed by atoms with Gasteiger partial charge in [0.05, 0.1) is 17.8 Å². The topological polar surface area (TPSA) is 52.3 Å². The van der Waals surface area contributed by atoms with Gasteiger partial charge in [-0.25, -0.2) is 4.98 Å². The largest absolute Gasteiger partial charge is 0.383 e. The van der Waals surface area contributed by atoms with Gasteiger partial charge in [-0.05, 0) is 67.4 Å². The Morgan fingerprint density at radius 1 is 1.14 bits per heavy atom. The SMILES string of the molecule is COC[C@H]1CCCN1Cc1cc2cc(-n3cnc4cc(-c5ccc(Cl)cc5)sc4c3=O)ccc2n1C.Cl. The molecule has 1 aliphatic rings. The van der Waals surface area contributed by atoms with Crippen molar-refractivity contribution in [3.63, 3.8) is 0 Å². The molecular weight excluding hydrogens is 527 g/mol. The number of aromatic nitrogens is 3. The van der Waals surface area contributed by atoms with Crippen molar-refractivity contribution in [3.8, 4) is 16.1 Å². The number of methoxy groups -OCH3 is 1. The molecule has 0 N–H and O–H groups in total. The quantitative estimate of drug-likeness (QED) is 0.247. The van der Waals surface area contributed by atoms with Crippen molar-refractivity contribution in [1.82, 2.24) is 19.0 Å². The highest BCUT2D eigenvalue weighted by atomic mass is 35.5. The van der Waals surface area contributed by atoms with E-state index in [9.17, 15) is 4.79 Å². The lowest BCUT2D eigenvalue weighted by Crippen LogP contribution is -2.32. The molecule has 0 saturated carbocycles. The molecule has 9 heteroatoms. The van der Waals surface area contributed by atoms with Gasteiger partial charge in [-0.1, -0.05) is 23.7 Å². The van der Waals surface area contributed by atoms with Gasteiger partial charge in [0.2, 0.25) is 0 Å². The first-order valence-electron chi connectivity index (χ1n) is 12.1. The fraction of sp³-hybridized carbons (Fsp3) is 0.286. The Balaban J connectivity index is 0.00000280. The zero-order valence-electron chi connectivity index (χ0n) is 20.7. The standard InChI is InChI=1S/C28H27ClN4O2S.ClH/c1-31-23(15-32-11-3-4-22(32)16-35-2)13-19-12-21(9-10-25(19)31)33-17-30-24-14-26(36-27(24)28(33)34)18-5-7-20(29)8-6-18;/h5-10,12-14,17,22H,3-4,11,15-16H2,1-2H3;1H/t22-;/m1./s1. The van der Waals surface area contributed by atoms with Crippen LogP contribution in [0.25, 0.3) is 37.2 Å².